The maximum absolute atomic E-state index is 12.1. The second-order valence-electron chi connectivity index (χ2n) is 8.99. The summed E-state index contributed by atoms with van der Waals surface area (Å²) in [6.45, 7) is 7.14. The lowest BCUT2D eigenvalue weighted by Gasteiger charge is -2.26. The first-order valence-corrected chi connectivity index (χ1v) is 12.1. The molecule has 3 N–H and O–H groups in total. The van der Waals surface area contributed by atoms with Crippen LogP contribution < -0.4 is 20.5 Å². The molecule has 0 radical (unpaired) electrons. The Morgan fingerprint density at radius 3 is 2.76 bits per heavy atom. The number of benzene rings is 1. The average molecular weight is 499 g/mol. The number of anilines is 1. The Balaban J connectivity index is 1.61. The van der Waals surface area contributed by atoms with E-state index in [-0.39, 0.29) is 5.91 Å². The van der Waals surface area contributed by atoms with Crippen LogP contribution in [0.15, 0.2) is 60.3 Å². The normalized spacial score (nSPS) is 14.7. The zero-order valence-corrected chi connectivity index (χ0v) is 21.2. The molecule has 0 spiro atoms. The van der Waals surface area contributed by atoms with Crippen molar-refractivity contribution in [3.63, 3.8) is 0 Å². The van der Waals surface area contributed by atoms with E-state index in [0.717, 1.165) is 39.3 Å². The van der Waals surface area contributed by atoms with Crippen molar-refractivity contribution in [1.29, 1.82) is 0 Å². The highest BCUT2D eigenvalue weighted by atomic mass is 16.5. The lowest BCUT2D eigenvalue weighted by atomic mass is 9.93. The summed E-state index contributed by atoms with van der Waals surface area (Å²) in [6.07, 6.45) is 5.87. The summed E-state index contributed by atoms with van der Waals surface area (Å²) in [7, 11) is 3.63. The predicted octanol–water partition coefficient (Wildman–Crippen LogP) is 4.09. The van der Waals surface area contributed by atoms with Crippen LogP contribution in [0.25, 0.3) is 16.7 Å². The van der Waals surface area contributed by atoms with Gasteiger partial charge in [0, 0.05) is 38.0 Å². The van der Waals surface area contributed by atoms with Crippen LogP contribution in [-0.2, 0) is 11.8 Å². The van der Waals surface area contributed by atoms with Gasteiger partial charge in [-0.25, -0.2) is 9.98 Å². The summed E-state index contributed by atoms with van der Waals surface area (Å²) >= 11 is 0. The number of rotatable bonds is 6. The van der Waals surface area contributed by atoms with Gasteiger partial charge in [-0.15, -0.1) is 0 Å². The monoisotopic (exact) mass is 498 g/mol. The van der Waals surface area contributed by atoms with Gasteiger partial charge in [0.2, 0.25) is 11.8 Å². The Morgan fingerprint density at radius 2 is 2.05 bits per heavy atom. The van der Waals surface area contributed by atoms with E-state index in [1.165, 1.54) is 6.08 Å². The van der Waals surface area contributed by atoms with E-state index in [0.29, 0.717) is 49.4 Å². The number of carbonyl (C=O) groups is 1. The van der Waals surface area contributed by atoms with E-state index in [4.69, 9.17) is 15.2 Å². The minimum absolute atomic E-state index is 0.0665. The smallest absolute Gasteiger partial charge is 0.246 e. The van der Waals surface area contributed by atoms with Gasteiger partial charge in [0.15, 0.2) is 11.5 Å². The molecule has 0 saturated carbocycles. The van der Waals surface area contributed by atoms with Crippen LogP contribution >= 0.6 is 0 Å². The summed E-state index contributed by atoms with van der Waals surface area (Å²) in [5.74, 6) is 2.95. The molecule has 0 saturated heterocycles. The van der Waals surface area contributed by atoms with E-state index in [1.807, 2.05) is 44.3 Å². The molecule has 0 atom stereocenters. The van der Waals surface area contributed by atoms with Gasteiger partial charge in [0.25, 0.3) is 0 Å². The van der Waals surface area contributed by atoms with Gasteiger partial charge in [0.05, 0.1) is 18.4 Å². The van der Waals surface area contributed by atoms with Crippen LogP contribution in [-0.4, -0.2) is 53.1 Å². The summed E-state index contributed by atoms with van der Waals surface area (Å²) in [5.41, 5.74) is 12.4. The number of hydrogen-bond donors (Lipinski definition) is 2. The lowest BCUT2D eigenvalue weighted by molar-refractivity contribution is -0.125. The van der Waals surface area contributed by atoms with Crippen LogP contribution in [0.3, 0.4) is 0 Å². The summed E-state index contributed by atoms with van der Waals surface area (Å²) in [6, 6.07) is 9.61. The Morgan fingerprint density at radius 1 is 1.22 bits per heavy atom. The number of carbonyl (C=O) groups excluding carboxylic acids is 1. The highest BCUT2D eigenvalue weighted by molar-refractivity contribution is 6.11. The molecule has 9 heteroatoms. The molecule has 9 nitrogen and oxygen atoms in total. The number of methoxy groups -OCH3 is 1. The number of pyridine rings is 1. The van der Waals surface area contributed by atoms with Gasteiger partial charge >= 0.3 is 0 Å². The molecule has 0 unspecified atom stereocenters. The predicted molar refractivity (Wildman–Crippen MR) is 145 cm³/mol. The fraction of sp³-hybridized carbons (Fsp3) is 0.250. The van der Waals surface area contributed by atoms with Crippen molar-refractivity contribution >= 4 is 23.1 Å². The first kappa shape index (κ1) is 24.2. The van der Waals surface area contributed by atoms with Crippen LogP contribution in [0, 0.1) is 6.92 Å². The number of fused-ring (bicyclic) bond motifs is 1. The Hall–Kier alpha value is -4.53. The molecular formula is C28H30N6O3. The molecule has 1 amide bonds. The summed E-state index contributed by atoms with van der Waals surface area (Å²) in [4.78, 5) is 22.6. The van der Waals surface area contributed by atoms with Gasteiger partial charge in [-0.3, -0.25) is 4.79 Å². The highest BCUT2D eigenvalue weighted by Crippen LogP contribution is 2.44. The van der Waals surface area contributed by atoms with Gasteiger partial charge in [-0.05, 0) is 54.3 Å². The minimum atomic E-state index is -0.0665. The first-order chi connectivity index (χ1) is 17.9. The van der Waals surface area contributed by atoms with Crippen molar-refractivity contribution in [3.05, 3.63) is 72.1 Å². The fourth-order valence-corrected chi connectivity index (χ4v) is 4.87. The molecule has 2 aromatic heterocycles. The van der Waals surface area contributed by atoms with Crippen molar-refractivity contribution in [2.75, 3.05) is 32.2 Å². The molecule has 0 aliphatic carbocycles. The number of nitrogens with two attached hydrogens (primary N) is 1. The van der Waals surface area contributed by atoms with E-state index in [9.17, 15) is 4.79 Å². The van der Waals surface area contributed by atoms with E-state index in [2.05, 4.69) is 32.5 Å². The van der Waals surface area contributed by atoms with Crippen LogP contribution in [0.4, 0.5) is 5.82 Å². The van der Waals surface area contributed by atoms with E-state index >= 15 is 0 Å². The van der Waals surface area contributed by atoms with Gasteiger partial charge in [-0.2, -0.15) is 0 Å². The molecule has 2 aliphatic heterocycles. The Kier molecular flexibility index (Phi) is 6.43. The number of aliphatic imine (C=N–C) groups is 1. The van der Waals surface area contributed by atoms with E-state index in [1.54, 1.807) is 18.2 Å². The number of hydrogen-bond acceptors (Lipinski definition) is 7. The second kappa shape index (κ2) is 9.85. The van der Waals surface area contributed by atoms with Gasteiger partial charge < -0.3 is 30.0 Å². The topological polar surface area (TPSA) is 107 Å². The standard InChI is InChI=1S/C28H30N6O3/c1-5-23(35)34-12-9-18(10-13-34)26-24(25-27(29)31-16-32-28(25)33(26)3)19-6-7-20(21(15-19)36-4)37-22-14-17(2)8-11-30-22/h5-9,11,14-15,32H,1,10,12-13,16H2,2-4H3,(H2,29,31). The number of amidine groups is 1. The van der Waals surface area contributed by atoms with Crippen molar-refractivity contribution in [3.8, 4) is 28.5 Å². The third-order valence-electron chi connectivity index (χ3n) is 6.70. The molecule has 3 aromatic rings. The maximum atomic E-state index is 12.1. The fourth-order valence-electron chi connectivity index (χ4n) is 4.87. The average Bonchev–Trinajstić information content (AvgIpc) is 3.22. The number of nitrogens with one attached hydrogen (secondary N) is 1. The van der Waals surface area contributed by atoms with E-state index < -0.39 is 0 Å². The quantitative estimate of drug-likeness (QED) is 0.496. The second-order valence-corrected chi connectivity index (χ2v) is 8.99. The van der Waals surface area contributed by atoms with Gasteiger partial charge in [-0.1, -0.05) is 18.7 Å². The first-order valence-electron chi connectivity index (χ1n) is 12.1. The van der Waals surface area contributed by atoms with Crippen LogP contribution in [0.5, 0.6) is 17.4 Å². The number of aromatic nitrogens is 2. The van der Waals surface area contributed by atoms with Gasteiger partial charge in [0.1, 0.15) is 18.3 Å². The molecule has 190 valence electrons. The zero-order chi connectivity index (χ0) is 26.1. The molecule has 0 bridgehead atoms. The molecule has 0 fully saturated rings. The Labute approximate surface area is 215 Å². The number of ether oxygens (including phenoxy) is 2. The van der Waals surface area contributed by atoms with Crippen molar-refractivity contribution in [2.24, 2.45) is 17.8 Å². The molecule has 1 aromatic carbocycles. The number of nitrogens with zero attached hydrogens (tertiary/aromatic N) is 4. The summed E-state index contributed by atoms with van der Waals surface area (Å²) < 4.78 is 13.9. The SMILES string of the molecule is C=CC(=O)N1CC=C(c2c(-c3ccc(Oc4cc(C)ccn4)c(OC)c3)c3c(n2C)NCN=C3N)CC1. The molecule has 37 heavy (non-hydrogen) atoms. The highest BCUT2D eigenvalue weighted by Gasteiger charge is 2.30. The van der Waals surface area contributed by atoms with Crippen LogP contribution in [0.1, 0.15) is 23.2 Å². The largest absolute Gasteiger partial charge is 0.493 e. The molecule has 2 aliphatic rings. The zero-order valence-electron chi connectivity index (χ0n) is 21.2. The molecule has 4 heterocycles. The molecule has 5 rings (SSSR count). The molecular weight excluding hydrogens is 468 g/mol. The van der Waals surface area contributed by atoms with Crippen molar-refractivity contribution in [2.45, 2.75) is 13.3 Å². The third-order valence-corrected chi connectivity index (χ3v) is 6.70. The maximum Gasteiger partial charge on any atom is 0.246 e. The minimum Gasteiger partial charge on any atom is -0.493 e. The van der Waals surface area contributed by atoms with Crippen LogP contribution in [0.2, 0.25) is 0 Å². The third kappa shape index (κ3) is 4.44. The van der Waals surface area contributed by atoms with Crippen molar-refractivity contribution in [1.82, 2.24) is 14.5 Å². The Bertz CT molecular complexity index is 1450. The number of amides is 1. The number of aryl methyl sites for hydroxylation is 1. The summed E-state index contributed by atoms with van der Waals surface area (Å²) in [5, 5.41) is 3.37. The lowest BCUT2D eigenvalue weighted by Crippen LogP contribution is -2.33. The van der Waals surface area contributed by atoms with Crippen molar-refractivity contribution < 1.29 is 14.3 Å².